The van der Waals surface area contributed by atoms with E-state index in [-0.39, 0.29) is 0 Å². The standard InChI is InChI=1S/C8H19NOS/c1-5-8(3)11(10)6-7(2)9-4/h7-9H,5-6H2,1-4H3. The fraction of sp³-hybridized carbons (Fsp3) is 1.00. The molecule has 0 fully saturated rings. The van der Waals surface area contributed by atoms with Gasteiger partial charge in [0.25, 0.3) is 0 Å². The van der Waals surface area contributed by atoms with Crippen molar-refractivity contribution in [3.05, 3.63) is 0 Å². The summed E-state index contributed by atoms with van der Waals surface area (Å²) in [4.78, 5) is 0. The first-order chi connectivity index (χ1) is 5.11. The van der Waals surface area contributed by atoms with E-state index in [1.807, 2.05) is 14.0 Å². The van der Waals surface area contributed by atoms with Crippen LogP contribution in [0.4, 0.5) is 0 Å². The van der Waals surface area contributed by atoms with Gasteiger partial charge in [-0.2, -0.15) is 0 Å². The second kappa shape index (κ2) is 5.72. The lowest BCUT2D eigenvalue weighted by molar-refractivity contribution is 0.636. The Balaban J connectivity index is 3.68. The van der Waals surface area contributed by atoms with Crippen LogP contribution in [-0.2, 0) is 10.8 Å². The average molecular weight is 177 g/mol. The largest absolute Gasteiger partial charge is 0.316 e. The van der Waals surface area contributed by atoms with Crippen LogP contribution in [-0.4, -0.2) is 28.3 Å². The predicted molar refractivity (Wildman–Crippen MR) is 51.3 cm³/mol. The molecule has 0 aromatic rings. The molecule has 0 aromatic heterocycles. The molecular weight excluding hydrogens is 158 g/mol. The molecule has 3 heteroatoms. The molecule has 0 spiro atoms. The lowest BCUT2D eigenvalue weighted by Gasteiger charge is -2.13. The summed E-state index contributed by atoms with van der Waals surface area (Å²) in [6.45, 7) is 6.17. The van der Waals surface area contributed by atoms with E-state index in [2.05, 4.69) is 19.2 Å². The van der Waals surface area contributed by atoms with Gasteiger partial charge in [-0.1, -0.05) is 13.8 Å². The van der Waals surface area contributed by atoms with Gasteiger partial charge in [-0.3, -0.25) is 4.21 Å². The van der Waals surface area contributed by atoms with Gasteiger partial charge in [0.15, 0.2) is 0 Å². The van der Waals surface area contributed by atoms with Crippen LogP contribution in [0.3, 0.4) is 0 Å². The zero-order chi connectivity index (χ0) is 8.85. The van der Waals surface area contributed by atoms with Gasteiger partial charge >= 0.3 is 0 Å². The van der Waals surface area contributed by atoms with Crippen LogP contribution >= 0.6 is 0 Å². The van der Waals surface area contributed by atoms with E-state index in [0.717, 1.165) is 12.2 Å². The Kier molecular flexibility index (Phi) is 5.78. The van der Waals surface area contributed by atoms with Gasteiger partial charge in [-0.15, -0.1) is 0 Å². The lowest BCUT2D eigenvalue weighted by atomic mass is 10.4. The molecule has 0 saturated carbocycles. The van der Waals surface area contributed by atoms with E-state index in [4.69, 9.17) is 0 Å². The number of hydrogen-bond donors (Lipinski definition) is 1. The quantitative estimate of drug-likeness (QED) is 0.682. The molecule has 0 heterocycles. The number of nitrogens with one attached hydrogen (secondary N) is 1. The van der Waals surface area contributed by atoms with Crippen molar-refractivity contribution < 1.29 is 4.21 Å². The Labute approximate surface area is 72.2 Å². The van der Waals surface area contributed by atoms with Crippen molar-refractivity contribution in [1.29, 1.82) is 0 Å². The fourth-order valence-corrected chi connectivity index (χ4v) is 2.04. The molecule has 3 unspecified atom stereocenters. The Bertz CT molecular complexity index is 127. The van der Waals surface area contributed by atoms with Gasteiger partial charge in [-0.05, 0) is 20.4 Å². The molecule has 68 valence electrons. The normalized spacial score (nSPS) is 19.3. The minimum absolute atomic E-state index is 0.339. The van der Waals surface area contributed by atoms with Crippen LogP contribution in [0.1, 0.15) is 27.2 Å². The monoisotopic (exact) mass is 177 g/mol. The van der Waals surface area contributed by atoms with Crippen LogP contribution in [0.25, 0.3) is 0 Å². The van der Waals surface area contributed by atoms with Crippen molar-refractivity contribution in [1.82, 2.24) is 5.32 Å². The molecule has 0 aliphatic carbocycles. The minimum Gasteiger partial charge on any atom is -0.316 e. The molecule has 3 atom stereocenters. The first-order valence-electron chi connectivity index (χ1n) is 4.16. The first kappa shape index (κ1) is 11.1. The van der Waals surface area contributed by atoms with Crippen molar-refractivity contribution in [2.45, 2.75) is 38.5 Å². The maximum atomic E-state index is 11.4. The summed E-state index contributed by atoms with van der Waals surface area (Å²) < 4.78 is 11.4. The smallest absolute Gasteiger partial charge is 0.0388 e. The van der Waals surface area contributed by atoms with Gasteiger partial charge in [0, 0.05) is 27.8 Å². The Morgan fingerprint density at radius 3 is 2.36 bits per heavy atom. The highest BCUT2D eigenvalue weighted by molar-refractivity contribution is 7.85. The Hall–Kier alpha value is 0.110. The topological polar surface area (TPSA) is 29.1 Å². The van der Waals surface area contributed by atoms with E-state index in [9.17, 15) is 4.21 Å². The zero-order valence-corrected chi connectivity index (χ0v) is 8.70. The molecule has 2 nitrogen and oxygen atoms in total. The predicted octanol–water partition coefficient (Wildman–Crippen LogP) is 1.14. The molecule has 0 rings (SSSR count). The molecule has 1 N–H and O–H groups in total. The average Bonchev–Trinajstić information content (AvgIpc) is 2.02. The molecule has 0 radical (unpaired) electrons. The lowest BCUT2D eigenvalue weighted by Crippen LogP contribution is -2.30. The van der Waals surface area contributed by atoms with E-state index >= 15 is 0 Å². The minimum atomic E-state index is -0.657. The van der Waals surface area contributed by atoms with Crippen LogP contribution in [0.2, 0.25) is 0 Å². The van der Waals surface area contributed by atoms with Gasteiger partial charge < -0.3 is 5.32 Å². The summed E-state index contributed by atoms with van der Waals surface area (Å²) in [5, 5.41) is 3.42. The second-order valence-corrected chi connectivity index (χ2v) is 4.86. The zero-order valence-electron chi connectivity index (χ0n) is 7.89. The highest BCUT2D eigenvalue weighted by Crippen LogP contribution is 2.01. The van der Waals surface area contributed by atoms with Gasteiger partial charge in [-0.25, -0.2) is 0 Å². The van der Waals surface area contributed by atoms with Crippen molar-refractivity contribution in [2.75, 3.05) is 12.8 Å². The molecule has 0 aromatic carbocycles. The van der Waals surface area contributed by atoms with Crippen LogP contribution in [0.5, 0.6) is 0 Å². The van der Waals surface area contributed by atoms with E-state index < -0.39 is 10.8 Å². The maximum Gasteiger partial charge on any atom is 0.0388 e. The molecule has 0 aliphatic rings. The molecule has 11 heavy (non-hydrogen) atoms. The molecule has 0 bridgehead atoms. The molecule has 0 aliphatic heterocycles. The number of rotatable bonds is 5. The fourth-order valence-electron chi connectivity index (χ4n) is 0.680. The van der Waals surface area contributed by atoms with Gasteiger partial charge in [0.1, 0.15) is 0 Å². The third-order valence-corrected chi connectivity index (χ3v) is 3.99. The van der Waals surface area contributed by atoms with Crippen molar-refractivity contribution in [3.8, 4) is 0 Å². The molecular formula is C8H19NOS. The van der Waals surface area contributed by atoms with Gasteiger partial charge in [0.05, 0.1) is 0 Å². The summed E-state index contributed by atoms with van der Waals surface area (Å²) in [5.74, 6) is 0.769. The molecule has 0 saturated heterocycles. The highest BCUT2D eigenvalue weighted by Gasteiger charge is 2.10. The third kappa shape index (κ3) is 4.53. The summed E-state index contributed by atoms with van der Waals surface area (Å²) in [5.41, 5.74) is 0. The Morgan fingerprint density at radius 2 is 2.00 bits per heavy atom. The SMILES string of the molecule is CCC(C)S(=O)CC(C)NC. The van der Waals surface area contributed by atoms with Crippen LogP contribution < -0.4 is 5.32 Å². The van der Waals surface area contributed by atoms with Crippen LogP contribution in [0, 0.1) is 0 Å². The maximum absolute atomic E-state index is 11.4. The van der Waals surface area contributed by atoms with Crippen LogP contribution in [0.15, 0.2) is 0 Å². The highest BCUT2D eigenvalue weighted by atomic mass is 32.2. The van der Waals surface area contributed by atoms with E-state index in [1.165, 1.54) is 0 Å². The summed E-state index contributed by atoms with van der Waals surface area (Å²) >= 11 is 0. The van der Waals surface area contributed by atoms with Crippen molar-refractivity contribution in [3.63, 3.8) is 0 Å². The van der Waals surface area contributed by atoms with Crippen molar-refractivity contribution >= 4 is 10.8 Å². The van der Waals surface area contributed by atoms with E-state index in [1.54, 1.807) is 0 Å². The second-order valence-electron chi connectivity index (χ2n) is 2.96. The molecule has 0 amide bonds. The van der Waals surface area contributed by atoms with E-state index in [0.29, 0.717) is 11.3 Å². The Morgan fingerprint density at radius 1 is 1.45 bits per heavy atom. The summed E-state index contributed by atoms with van der Waals surface area (Å²) in [6, 6.07) is 0.366. The summed E-state index contributed by atoms with van der Waals surface area (Å²) in [7, 11) is 1.24. The van der Waals surface area contributed by atoms with Crippen molar-refractivity contribution in [2.24, 2.45) is 0 Å². The summed E-state index contributed by atoms with van der Waals surface area (Å²) in [6.07, 6.45) is 1.00. The first-order valence-corrected chi connectivity index (χ1v) is 5.54. The van der Waals surface area contributed by atoms with Gasteiger partial charge in [0.2, 0.25) is 0 Å². The number of hydrogen-bond acceptors (Lipinski definition) is 2. The third-order valence-electron chi connectivity index (χ3n) is 1.93.